The average molecular weight is 301 g/mol. The van der Waals surface area contributed by atoms with E-state index in [1.807, 2.05) is 6.92 Å². The fourth-order valence-electron chi connectivity index (χ4n) is 1.45. The summed E-state index contributed by atoms with van der Waals surface area (Å²) in [7, 11) is 3.37. The van der Waals surface area contributed by atoms with Crippen molar-refractivity contribution in [2.45, 2.75) is 13.0 Å². The van der Waals surface area contributed by atoms with E-state index in [-0.39, 0.29) is 11.9 Å². The Hall–Kier alpha value is -1.07. The van der Waals surface area contributed by atoms with Crippen LogP contribution in [0.15, 0.2) is 22.7 Å². The number of ether oxygens (including phenoxy) is 1. The van der Waals surface area contributed by atoms with E-state index in [1.165, 1.54) is 0 Å². The Morgan fingerprint density at radius 2 is 2.24 bits per heavy atom. The van der Waals surface area contributed by atoms with Gasteiger partial charge in [-0.1, -0.05) is 0 Å². The summed E-state index contributed by atoms with van der Waals surface area (Å²) in [5, 5.41) is 0. The Morgan fingerprint density at radius 1 is 1.59 bits per heavy atom. The summed E-state index contributed by atoms with van der Waals surface area (Å²) in [5.74, 6) is -0.0753. The molecule has 1 aromatic carbocycles. The second-order valence-electron chi connectivity index (χ2n) is 3.96. The van der Waals surface area contributed by atoms with Crippen LogP contribution >= 0.6 is 15.9 Å². The number of carbonyl (C=O) groups is 1. The standard InChI is InChI=1S/C12H17BrN2O2/c1-8(7-17-3)15(2)12(16)10-6-9(14)4-5-11(10)13/h4-6,8H,7,14H2,1-3H3. The number of likely N-dealkylation sites (N-methyl/N-ethyl adjacent to an activating group) is 1. The Balaban J connectivity index is 2.92. The van der Waals surface area contributed by atoms with Crippen molar-refractivity contribution < 1.29 is 9.53 Å². The molecule has 1 aromatic rings. The van der Waals surface area contributed by atoms with Gasteiger partial charge in [0, 0.05) is 24.3 Å². The van der Waals surface area contributed by atoms with Gasteiger partial charge in [-0.05, 0) is 41.1 Å². The van der Waals surface area contributed by atoms with Crippen LogP contribution in [0.5, 0.6) is 0 Å². The van der Waals surface area contributed by atoms with Gasteiger partial charge >= 0.3 is 0 Å². The molecule has 0 spiro atoms. The highest BCUT2D eigenvalue weighted by Gasteiger charge is 2.19. The van der Waals surface area contributed by atoms with E-state index in [2.05, 4.69) is 15.9 Å². The Morgan fingerprint density at radius 3 is 2.82 bits per heavy atom. The van der Waals surface area contributed by atoms with Crippen molar-refractivity contribution in [3.05, 3.63) is 28.2 Å². The number of nitrogens with zero attached hydrogens (tertiary/aromatic N) is 1. The number of nitrogen functional groups attached to an aromatic ring is 1. The normalized spacial score (nSPS) is 12.2. The second kappa shape index (κ2) is 6.02. The molecule has 0 saturated carbocycles. The first-order chi connectivity index (χ1) is 7.97. The third-order valence-electron chi connectivity index (χ3n) is 2.61. The first-order valence-corrected chi connectivity index (χ1v) is 6.07. The molecule has 5 heteroatoms. The smallest absolute Gasteiger partial charge is 0.255 e. The second-order valence-corrected chi connectivity index (χ2v) is 4.81. The summed E-state index contributed by atoms with van der Waals surface area (Å²) >= 11 is 3.35. The monoisotopic (exact) mass is 300 g/mol. The van der Waals surface area contributed by atoms with Gasteiger partial charge in [-0.25, -0.2) is 0 Å². The zero-order valence-electron chi connectivity index (χ0n) is 10.2. The number of nitrogens with two attached hydrogens (primary N) is 1. The molecule has 0 fully saturated rings. The van der Waals surface area contributed by atoms with Crippen molar-refractivity contribution in [3.63, 3.8) is 0 Å². The highest BCUT2D eigenvalue weighted by atomic mass is 79.9. The molecule has 0 aliphatic heterocycles. The molecule has 0 aliphatic rings. The number of hydrogen-bond donors (Lipinski definition) is 1. The molecule has 1 amide bonds. The fourth-order valence-corrected chi connectivity index (χ4v) is 1.87. The first kappa shape index (κ1) is 14.0. The summed E-state index contributed by atoms with van der Waals surface area (Å²) in [6.45, 7) is 2.43. The highest BCUT2D eigenvalue weighted by Crippen LogP contribution is 2.21. The third-order valence-corrected chi connectivity index (χ3v) is 3.30. The van der Waals surface area contributed by atoms with Crippen molar-refractivity contribution in [1.29, 1.82) is 0 Å². The van der Waals surface area contributed by atoms with E-state index in [4.69, 9.17) is 10.5 Å². The minimum atomic E-state index is -0.0753. The zero-order valence-corrected chi connectivity index (χ0v) is 11.8. The molecule has 0 bridgehead atoms. The van der Waals surface area contributed by atoms with Gasteiger partial charge in [0.15, 0.2) is 0 Å². The molecular weight excluding hydrogens is 284 g/mol. The SMILES string of the molecule is COCC(C)N(C)C(=O)c1cc(N)ccc1Br. The Labute approximate surface area is 110 Å². The third kappa shape index (κ3) is 3.44. The van der Waals surface area contributed by atoms with Crippen LogP contribution in [-0.4, -0.2) is 37.6 Å². The van der Waals surface area contributed by atoms with Crippen LogP contribution in [0.1, 0.15) is 17.3 Å². The maximum absolute atomic E-state index is 12.2. The van der Waals surface area contributed by atoms with Crippen molar-refractivity contribution in [2.24, 2.45) is 0 Å². The number of rotatable bonds is 4. The summed E-state index contributed by atoms with van der Waals surface area (Å²) in [6, 6.07) is 5.21. The van der Waals surface area contributed by atoms with E-state index in [1.54, 1.807) is 37.3 Å². The van der Waals surface area contributed by atoms with Gasteiger partial charge in [0.25, 0.3) is 5.91 Å². The number of benzene rings is 1. The molecule has 0 heterocycles. The molecule has 0 aromatic heterocycles. The van der Waals surface area contributed by atoms with Gasteiger partial charge in [-0.3, -0.25) is 4.79 Å². The molecule has 17 heavy (non-hydrogen) atoms. The predicted molar refractivity (Wildman–Crippen MR) is 72.0 cm³/mol. The Bertz CT molecular complexity index is 409. The lowest BCUT2D eigenvalue weighted by molar-refractivity contribution is 0.0633. The van der Waals surface area contributed by atoms with Gasteiger partial charge in [-0.15, -0.1) is 0 Å². The van der Waals surface area contributed by atoms with Crippen LogP contribution in [0, 0.1) is 0 Å². The molecular formula is C12H17BrN2O2. The van der Waals surface area contributed by atoms with Crippen LogP contribution in [-0.2, 0) is 4.74 Å². The predicted octanol–water partition coefficient (Wildman–Crippen LogP) is 2.14. The van der Waals surface area contributed by atoms with E-state index in [0.29, 0.717) is 17.9 Å². The summed E-state index contributed by atoms with van der Waals surface area (Å²) in [5.41, 5.74) is 6.82. The molecule has 0 aliphatic carbocycles. The minimum absolute atomic E-state index is 0.0147. The number of hydrogen-bond acceptors (Lipinski definition) is 3. The first-order valence-electron chi connectivity index (χ1n) is 5.28. The van der Waals surface area contributed by atoms with Crippen molar-refractivity contribution in [1.82, 2.24) is 4.90 Å². The molecule has 0 radical (unpaired) electrons. The summed E-state index contributed by atoms with van der Waals surface area (Å²) in [6.07, 6.45) is 0. The van der Waals surface area contributed by atoms with E-state index in [9.17, 15) is 4.79 Å². The van der Waals surface area contributed by atoms with Gasteiger partial charge in [0.1, 0.15) is 0 Å². The zero-order chi connectivity index (χ0) is 13.0. The molecule has 1 rings (SSSR count). The van der Waals surface area contributed by atoms with Crippen LogP contribution in [0.25, 0.3) is 0 Å². The molecule has 1 atom stereocenters. The molecule has 4 nitrogen and oxygen atoms in total. The maximum atomic E-state index is 12.2. The lowest BCUT2D eigenvalue weighted by Crippen LogP contribution is -2.38. The van der Waals surface area contributed by atoms with Gasteiger partial charge in [0.2, 0.25) is 0 Å². The number of amides is 1. The molecule has 94 valence electrons. The number of halogens is 1. The quantitative estimate of drug-likeness (QED) is 0.867. The Kier molecular flexibility index (Phi) is 4.96. The maximum Gasteiger partial charge on any atom is 0.255 e. The topological polar surface area (TPSA) is 55.6 Å². The lowest BCUT2D eigenvalue weighted by Gasteiger charge is -2.24. The molecule has 1 unspecified atom stereocenters. The number of anilines is 1. The lowest BCUT2D eigenvalue weighted by atomic mass is 10.1. The largest absolute Gasteiger partial charge is 0.399 e. The van der Waals surface area contributed by atoms with Crippen molar-refractivity contribution >= 4 is 27.5 Å². The van der Waals surface area contributed by atoms with Crippen LogP contribution in [0.4, 0.5) is 5.69 Å². The molecule has 2 N–H and O–H groups in total. The number of methoxy groups -OCH3 is 1. The summed E-state index contributed by atoms with van der Waals surface area (Å²) < 4.78 is 5.78. The van der Waals surface area contributed by atoms with Gasteiger partial charge in [-0.2, -0.15) is 0 Å². The van der Waals surface area contributed by atoms with E-state index in [0.717, 1.165) is 4.47 Å². The van der Waals surface area contributed by atoms with E-state index >= 15 is 0 Å². The van der Waals surface area contributed by atoms with Crippen LogP contribution in [0.3, 0.4) is 0 Å². The minimum Gasteiger partial charge on any atom is -0.399 e. The average Bonchev–Trinajstić information content (AvgIpc) is 2.30. The molecule has 0 saturated heterocycles. The van der Waals surface area contributed by atoms with Crippen molar-refractivity contribution in [3.8, 4) is 0 Å². The van der Waals surface area contributed by atoms with Gasteiger partial charge < -0.3 is 15.4 Å². The number of carbonyl (C=O) groups excluding carboxylic acids is 1. The van der Waals surface area contributed by atoms with Crippen molar-refractivity contribution in [2.75, 3.05) is 26.5 Å². The van der Waals surface area contributed by atoms with Gasteiger partial charge in [0.05, 0.1) is 18.2 Å². The van der Waals surface area contributed by atoms with Crippen LogP contribution < -0.4 is 5.73 Å². The summed E-state index contributed by atoms with van der Waals surface area (Å²) in [4.78, 5) is 13.9. The fraction of sp³-hybridized carbons (Fsp3) is 0.417. The van der Waals surface area contributed by atoms with Crippen LogP contribution in [0.2, 0.25) is 0 Å². The highest BCUT2D eigenvalue weighted by molar-refractivity contribution is 9.10. The van der Waals surface area contributed by atoms with E-state index < -0.39 is 0 Å².